The fraction of sp³-hybridized carbons (Fsp3) is 0.400. The first kappa shape index (κ1) is 13.3. The summed E-state index contributed by atoms with van der Waals surface area (Å²) in [7, 11) is 0. The molecule has 1 aliphatic carbocycles. The van der Waals surface area contributed by atoms with Gasteiger partial charge >= 0.3 is 0 Å². The maximum Gasteiger partial charge on any atom is 0.134 e. The molecule has 2 atom stereocenters. The van der Waals surface area contributed by atoms with E-state index < -0.39 is 0 Å². The number of fused-ring (bicyclic) bond motifs is 1. The molecule has 100 valence electrons. The van der Waals surface area contributed by atoms with Crippen LogP contribution in [0.25, 0.3) is 10.8 Å². The molecule has 0 spiro atoms. The Bertz CT molecular complexity index is 587. The molecule has 1 fully saturated rings. The smallest absolute Gasteiger partial charge is 0.134 e. The zero-order valence-corrected chi connectivity index (χ0v) is 13.3. The molecule has 1 aromatic carbocycles. The second-order valence-corrected chi connectivity index (χ2v) is 7.00. The third kappa shape index (κ3) is 2.75. The number of pyridine rings is 1. The molecule has 1 N–H and O–H groups in total. The van der Waals surface area contributed by atoms with Crippen molar-refractivity contribution in [3.63, 3.8) is 0 Å². The molecule has 0 aliphatic heterocycles. The van der Waals surface area contributed by atoms with Crippen LogP contribution in [0.1, 0.15) is 19.3 Å². The van der Waals surface area contributed by atoms with Crippen LogP contribution in [0.5, 0.6) is 0 Å². The van der Waals surface area contributed by atoms with Crippen molar-refractivity contribution < 1.29 is 0 Å². The lowest BCUT2D eigenvalue weighted by molar-refractivity contribution is 0.753. The van der Waals surface area contributed by atoms with Gasteiger partial charge in [0.15, 0.2) is 0 Å². The molecule has 19 heavy (non-hydrogen) atoms. The van der Waals surface area contributed by atoms with Gasteiger partial charge in [-0.2, -0.15) is 11.8 Å². The first-order valence-electron chi connectivity index (χ1n) is 6.60. The summed E-state index contributed by atoms with van der Waals surface area (Å²) in [5, 5.41) is 6.86. The zero-order valence-electron chi connectivity index (χ0n) is 10.9. The first-order valence-corrected chi connectivity index (χ1v) is 8.68. The molecular formula is C15H17BrN2S. The molecule has 3 rings (SSSR count). The average Bonchev–Trinajstić information content (AvgIpc) is 2.88. The van der Waals surface area contributed by atoms with E-state index in [9.17, 15) is 0 Å². The minimum atomic E-state index is 0.564. The fourth-order valence-electron chi connectivity index (χ4n) is 2.76. The highest BCUT2D eigenvalue weighted by molar-refractivity contribution is 9.10. The van der Waals surface area contributed by atoms with Crippen LogP contribution >= 0.6 is 27.7 Å². The molecule has 1 aliphatic rings. The van der Waals surface area contributed by atoms with E-state index in [-0.39, 0.29) is 0 Å². The van der Waals surface area contributed by atoms with Gasteiger partial charge in [-0.1, -0.05) is 28.1 Å². The number of nitrogens with one attached hydrogen (secondary N) is 1. The standard InChI is InChI=1S/C15H17BrN2S/c1-19-11-6-5-10(9-11)18-15-13-3-2-4-14(16)12(13)7-8-17-15/h2-4,7-8,10-11H,5-6,9H2,1H3,(H,17,18). The highest BCUT2D eigenvalue weighted by atomic mass is 79.9. The van der Waals surface area contributed by atoms with Crippen LogP contribution in [-0.2, 0) is 0 Å². The predicted molar refractivity (Wildman–Crippen MR) is 88.0 cm³/mol. The van der Waals surface area contributed by atoms with E-state index in [2.05, 4.69) is 56.8 Å². The van der Waals surface area contributed by atoms with E-state index in [0.717, 1.165) is 15.5 Å². The number of halogens is 1. The summed E-state index contributed by atoms with van der Waals surface area (Å²) in [5.74, 6) is 1.02. The molecule has 0 saturated heterocycles. The van der Waals surface area contributed by atoms with Crippen molar-refractivity contribution >= 4 is 44.3 Å². The molecule has 2 nitrogen and oxygen atoms in total. The molecule has 0 bridgehead atoms. The van der Waals surface area contributed by atoms with Crippen LogP contribution in [0.4, 0.5) is 5.82 Å². The molecule has 1 aromatic heterocycles. The van der Waals surface area contributed by atoms with E-state index >= 15 is 0 Å². The van der Waals surface area contributed by atoms with Crippen molar-refractivity contribution in [3.8, 4) is 0 Å². The lowest BCUT2D eigenvalue weighted by Gasteiger charge is -2.15. The molecule has 2 aromatic rings. The zero-order chi connectivity index (χ0) is 13.2. The van der Waals surface area contributed by atoms with Crippen molar-refractivity contribution in [1.29, 1.82) is 0 Å². The summed E-state index contributed by atoms with van der Waals surface area (Å²) < 4.78 is 1.13. The third-order valence-electron chi connectivity index (χ3n) is 3.81. The van der Waals surface area contributed by atoms with E-state index in [4.69, 9.17) is 0 Å². The Morgan fingerprint density at radius 3 is 2.95 bits per heavy atom. The number of anilines is 1. The number of hydrogen-bond acceptors (Lipinski definition) is 3. The van der Waals surface area contributed by atoms with Crippen molar-refractivity contribution in [3.05, 3.63) is 34.9 Å². The molecule has 2 unspecified atom stereocenters. The summed E-state index contributed by atoms with van der Waals surface area (Å²) in [5.41, 5.74) is 0. The Kier molecular flexibility index (Phi) is 3.99. The average molecular weight is 337 g/mol. The van der Waals surface area contributed by atoms with Gasteiger partial charge < -0.3 is 5.32 Å². The van der Waals surface area contributed by atoms with Gasteiger partial charge in [-0.3, -0.25) is 0 Å². The van der Waals surface area contributed by atoms with Crippen molar-refractivity contribution in [2.45, 2.75) is 30.6 Å². The molecule has 0 radical (unpaired) electrons. The highest BCUT2D eigenvalue weighted by Gasteiger charge is 2.24. The van der Waals surface area contributed by atoms with Crippen LogP contribution in [0, 0.1) is 0 Å². The van der Waals surface area contributed by atoms with E-state index in [1.54, 1.807) is 0 Å². The number of thioether (sulfide) groups is 1. The quantitative estimate of drug-likeness (QED) is 0.879. The lowest BCUT2D eigenvalue weighted by Crippen LogP contribution is -2.17. The number of hydrogen-bond donors (Lipinski definition) is 1. The summed E-state index contributed by atoms with van der Waals surface area (Å²) in [6.45, 7) is 0. The largest absolute Gasteiger partial charge is 0.367 e. The van der Waals surface area contributed by atoms with Gasteiger partial charge in [0.1, 0.15) is 5.82 Å². The van der Waals surface area contributed by atoms with Gasteiger partial charge in [0, 0.05) is 32.7 Å². The van der Waals surface area contributed by atoms with Gasteiger partial charge in [0.2, 0.25) is 0 Å². The predicted octanol–water partition coefficient (Wildman–Crippen LogP) is 4.69. The minimum absolute atomic E-state index is 0.564. The SMILES string of the molecule is CSC1CCC(Nc2nccc3c(Br)cccc23)C1. The summed E-state index contributed by atoms with van der Waals surface area (Å²) in [6, 6.07) is 8.90. The number of rotatable bonds is 3. The topological polar surface area (TPSA) is 24.9 Å². The third-order valence-corrected chi connectivity index (χ3v) is 5.60. The Morgan fingerprint density at radius 2 is 2.16 bits per heavy atom. The highest BCUT2D eigenvalue weighted by Crippen LogP contribution is 2.32. The summed E-state index contributed by atoms with van der Waals surface area (Å²) in [4.78, 5) is 4.52. The van der Waals surface area contributed by atoms with Gasteiger partial charge in [0.25, 0.3) is 0 Å². The number of nitrogens with zero attached hydrogens (tertiary/aromatic N) is 1. The van der Waals surface area contributed by atoms with Gasteiger partial charge in [-0.15, -0.1) is 0 Å². The Morgan fingerprint density at radius 1 is 1.26 bits per heavy atom. The van der Waals surface area contributed by atoms with Crippen LogP contribution in [0.15, 0.2) is 34.9 Å². The van der Waals surface area contributed by atoms with E-state index in [1.165, 1.54) is 30.0 Å². The maximum absolute atomic E-state index is 4.52. The van der Waals surface area contributed by atoms with Crippen LogP contribution in [0.3, 0.4) is 0 Å². The van der Waals surface area contributed by atoms with Crippen LogP contribution < -0.4 is 5.32 Å². The van der Waals surface area contributed by atoms with Crippen LogP contribution in [-0.4, -0.2) is 22.5 Å². The molecule has 0 amide bonds. The molecule has 1 heterocycles. The van der Waals surface area contributed by atoms with Gasteiger partial charge in [-0.05, 0) is 37.7 Å². The van der Waals surface area contributed by atoms with Gasteiger partial charge in [-0.25, -0.2) is 4.98 Å². The van der Waals surface area contributed by atoms with Gasteiger partial charge in [0.05, 0.1) is 0 Å². The Balaban J connectivity index is 1.87. The Hall–Kier alpha value is -0.740. The molecule has 1 saturated carbocycles. The van der Waals surface area contributed by atoms with E-state index in [0.29, 0.717) is 6.04 Å². The summed E-state index contributed by atoms with van der Waals surface area (Å²) >= 11 is 5.59. The normalized spacial score (nSPS) is 22.8. The molecule has 4 heteroatoms. The molecular weight excluding hydrogens is 320 g/mol. The number of aromatic nitrogens is 1. The van der Waals surface area contributed by atoms with Crippen LogP contribution in [0.2, 0.25) is 0 Å². The second-order valence-electron chi connectivity index (χ2n) is 5.01. The van der Waals surface area contributed by atoms with E-state index in [1.807, 2.05) is 18.0 Å². The fourth-order valence-corrected chi connectivity index (χ4v) is 4.06. The number of benzene rings is 1. The first-order chi connectivity index (χ1) is 9.28. The summed E-state index contributed by atoms with van der Waals surface area (Å²) in [6.07, 6.45) is 7.90. The minimum Gasteiger partial charge on any atom is -0.367 e. The van der Waals surface area contributed by atoms with Crippen molar-refractivity contribution in [2.75, 3.05) is 11.6 Å². The van der Waals surface area contributed by atoms with Crippen molar-refractivity contribution in [2.24, 2.45) is 0 Å². The Labute approximate surface area is 126 Å². The lowest BCUT2D eigenvalue weighted by atomic mass is 10.1. The monoisotopic (exact) mass is 336 g/mol. The maximum atomic E-state index is 4.52. The second kappa shape index (κ2) is 5.71. The van der Waals surface area contributed by atoms with Crippen molar-refractivity contribution in [1.82, 2.24) is 4.98 Å².